The molecule has 0 saturated heterocycles. The quantitative estimate of drug-likeness (QED) is 0.637. The van der Waals surface area contributed by atoms with Gasteiger partial charge in [-0.15, -0.1) is 0 Å². The van der Waals surface area contributed by atoms with Gasteiger partial charge in [0.1, 0.15) is 0 Å². The van der Waals surface area contributed by atoms with Crippen LogP contribution in [0.4, 0.5) is 0 Å². The SMILES string of the molecule is CCCC(C)C(NCC)C(CC)OCC. The lowest BCUT2D eigenvalue weighted by molar-refractivity contribution is 0.0165. The van der Waals surface area contributed by atoms with Crippen LogP contribution in [-0.4, -0.2) is 25.3 Å². The van der Waals surface area contributed by atoms with Crippen LogP contribution in [0, 0.1) is 5.92 Å². The summed E-state index contributed by atoms with van der Waals surface area (Å²) >= 11 is 0. The molecule has 0 aliphatic carbocycles. The van der Waals surface area contributed by atoms with E-state index >= 15 is 0 Å². The Kier molecular flexibility index (Phi) is 9.12. The molecule has 15 heavy (non-hydrogen) atoms. The molecular weight excluding hydrogens is 186 g/mol. The zero-order valence-corrected chi connectivity index (χ0v) is 11.2. The molecule has 0 rings (SSSR count). The van der Waals surface area contributed by atoms with Crippen LogP contribution in [0.15, 0.2) is 0 Å². The first-order chi connectivity index (χ1) is 7.21. The molecule has 0 aliphatic heterocycles. The summed E-state index contributed by atoms with van der Waals surface area (Å²) in [6, 6.07) is 0.514. The summed E-state index contributed by atoms with van der Waals surface area (Å²) in [5.41, 5.74) is 0. The lowest BCUT2D eigenvalue weighted by Gasteiger charge is -2.31. The van der Waals surface area contributed by atoms with Crippen LogP contribution in [0.1, 0.15) is 53.9 Å². The van der Waals surface area contributed by atoms with Crippen LogP contribution in [-0.2, 0) is 4.74 Å². The van der Waals surface area contributed by atoms with Crippen LogP contribution in [0.25, 0.3) is 0 Å². The smallest absolute Gasteiger partial charge is 0.0727 e. The summed E-state index contributed by atoms with van der Waals surface area (Å²) in [4.78, 5) is 0. The average molecular weight is 215 g/mol. The Morgan fingerprint density at radius 3 is 2.20 bits per heavy atom. The second-order valence-electron chi connectivity index (χ2n) is 4.25. The van der Waals surface area contributed by atoms with E-state index in [0.29, 0.717) is 18.1 Å². The van der Waals surface area contributed by atoms with E-state index in [4.69, 9.17) is 4.74 Å². The molecule has 2 heteroatoms. The van der Waals surface area contributed by atoms with Crippen molar-refractivity contribution in [2.45, 2.75) is 66.0 Å². The first kappa shape index (κ1) is 14.9. The van der Waals surface area contributed by atoms with E-state index in [-0.39, 0.29) is 0 Å². The molecule has 0 bridgehead atoms. The number of hydrogen-bond acceptors (Lipinski definition) is 2. The summed E-state index contributed by atoms with van der Waals surface area (Å²) in [6.07, 6.45) is 4.00. The normalized spacial score (nSPS) is 17.4. The van der Waals surface area contributed by atoms with Gasteiger partial charge >= 0.3 is 0 Å². The van der Waals surface area contributed by atoms with Gasteiger partial charge in [-0.05, 0) is 32.2 Å². The Morgan fingerprint density at radius 2 is 1.80 bits per heavy atom. The van der Waals surface area contributed by atoms with Gasteiger partial charge in [0.15, 0.2) is 0 Å². The molecule has 0 aromatic carbocycles. The van der Waals surface area contributed by atoms with Gasteiger partial charge in [-0.2, -0.15) is 0 Å². The number of hydrogen-bond donors (Lipinski definition) is 1. The van der Waals surface area contributed by atoms with Gasteiger partial charge in [-0.25, -0.2) is 0 Å². The second kappa shape index (κ2) is 9.17. The predicted octanol–water partition coefficient (Wildman–Crippen LogP) is 3.22. The summed E-state index contributed by atoms with van der Waals surface area (Å²) in [6.45, 7) is 12.9. The molecular formula is C13H29NO. The van der Waals surface area contributed by atoms with Crippen molar-refractivity contribution in [3.63, 3.8) is 0 Å². The Morgan fingerprint density at radius 1 is 1.13 bits per heavy atom. The molecule has 1 N–H and O–H groups in total. The molecule has 0 aliphatic rings. The van der Waals surface area contributed by atoms with Gasteiger partial charge in [0.25, 0.3) is 0 Å². The third kappa shape index (κ3) is 5.53. The highest BCUT2D eigenvalue weighted by atomic mass is 16.5. The molecule has 0 radical (unpaired) electrons. The van der Waals surface area contributed by atoms with Gasteiger partial charge < -0.3 is 10.1 Å². The number of rotatable bonds is 9. The minimum Gasteiger partial charge on any atom is -0.377 e. The molecule has 0 amide bonds. The van der Waals surface area contributed by atoms with Crippen LogP contribution >= 0.6 is 0 Å². The standard InChI is InChI=1S/C13H29NO/c1-6-10-11(5)13(14-8-3)12(7-2)15-9-4/h11-14H,6-10H2,1-5H3. The number of likely N-dealkylation sites (N-methyl/N-ethyl adjacent to an activating group) is 1. The van der Waals surface area contributed by atoms with Gasteiger partial charge in [0.2, 0.25) is 0 Å². The van der Waals surface area contributed by atoms with Crippen molar-refractivity contribution < 1.29 is 4.74 Å². The summed E-state index contributed by atoms with van der Waals surface area (Å²) in [5.74, 6) is 0.700. The van der Waals surface area contributed by atoms with E-state index in [1.54, 1.807) is 0 Å². The first-order valence-corrected chi connectivity index (χ1v) is 6.56. The molecule has 0 fully saturated rings. The third-order valence-corrected chi connectivity index (χ3v) is 2.98. The van der Waals surface area contributed by atoms with Crippen LogP contribution in [0.3, 0.4) is 0 Å². The molecule has 3 atom stereocenters. The molecule has 0 aromatic heterocycles. The van der Waals surface area contributed by atoms with E-state index in [2.05, 4.69) is 39.9 Å². The minimum absolute atomic E-state index is 0.372. The Bertz CT molecular complexity index is 138. The maximum atomic E-state index is 5.81. The first-order valence-electron chi connectivity index (χ1n) is 6.56. The lowest BCUT2D eigenvalue weighted by Crippen LogP contribution is -2.45. The van der Waals surface area contributed by atoms with E-state index in [1.807, 2.05) is 0 Å². The highest BCUT2D eigenvalue weighted by Crippen LogP contribution is 2.18. The highest BCUT2D eigenvalue weighted by molar-refractivity contribution is 4.80. The lowest BCUT2D eigenvalue weighted by atomic mass is 9.91. The molecule has 0 heterocycles. The van der Waals surface area contributed by atoms with Gasteiger partial charge in [0, 0.05) is 12.6 Å². The minimum atomic E-state index is 0.372. The summed E-state index contributed by atoms with van der Waals surface area (Å²) < 4.78 is 5.81. The Hall–Kier alpha value is -0.0800. The Balaban J connectivity index is 4.30. The van der Waals surface area contributed by atoms with Crippen LogP contribution < -0.4 is 5.32 Å². The molecule has 2 nitrogen and oxygen atoms in total. The van der Waals surface area contributed by atoms with E-state index in [1.165, 1.54) is 12.8 Å². The zero-order valence-electron chi connectivity index (χ0n) is 11.2. The highest BCUT2D eigenvalue weighted by Gasteiger charge is 2.24. The zero-order chi connectivity index (χ0) is 11.7. The van der Waals surface area contributed by atoms with E-state index in [0.717, 1.165) is 19.6 Å². The van der Waals surface area contributed by atoms with Crippen molar-refractivity contribution >= 4 is 0 Å². The third-order valence-electron chi connectivity index (χ3n) is 2.98. The fourth-order valence-electron chi connectivity index (χ4n) is 2.26. The number of nitrogens with one attached hydrogen (secondary N) is 1. The fraction of sp³-hybridized carbons (Fsp3) is 1.00. The number of ether oxygens (including phenoxy) is 1. The molecule has 0 aromatic rings. The molecule has 0 saturated carbocycles. The largest absolute Gasteiger partial charge is 0.377 e. The topological polar surface area (TPSA) is 21.3 Å². The van der Waals surface area contributed by atoms with Crippen molar-refractivity contribution in [3.8, 4) is 0 Å². The van der Waals surface area contributed by atoms with Crippen molar-refractivity contribution in [3.05, 3.63) is 0 Å². The predicted molar refractivity (Wildman–Crippen MR) is 67.2 cm³/mol. The van der Waals surface area contributed by atoms with Gasteiger partial charge in [0.05, 0.1) is 6.10 Å². The van der Waals surface area contributed by atoms with E-state index < -0.39 is 0 Å². The Labute approximate surface area is 95.8 Å². The summed E-state index contributed by atoms with van der Waals surface area (Å²) in [5, 5.41) is 3.58. The van der Waals surface area contributed by atoms with Gasteiger partial charge in [-0.3, -0.25) is 0 Å². The van der Waals surface area contributed by atoms with Crippen molar-refractivity contribution in [2.24, 2.45) is 5.92 Å². The van der Waals surface area contributed by atoms with Crippen LogP contribution in [0.5, 0.6) is 0 Å². The fourth-order valence-corrected chi connectivity index (χ4v) is 2.26. The van der Waals surface area contributed by atoms with Crippen molar-refractivity contribution in [1.82, 2.24) is 5.32 Å². The monoisotopic (exact) mass is 215 g/mol. The molecule has 92 valence electrons. The van der Waals surface area contributed by atoms with Gasteiger partial charge in [-0.1, -0.05) is 34.1 Å². The second-order valence-corrected chi connectivity index (χ2v) is 4.25. The van der Waals surface area contributed by atoms with Crippen molar-refractivity contribution in [1.29, 1.82) is 0 Å². The molecule has 0 spiro atoms. The average Bonchev–Trinajstić information content (AvgIpc) is 2.23. The maximum Gasteiger partial charge on any atom is 0.0727 e. The van der Waals surface area contributed by atoms with Crippen molar-refractivity contribution in [2.75, 3.05) is 13.2 Å². The maximum absolute atomic E-state index is 5.81. The van der Waals surface area contributed by atoms with E-state index in [9.17, 15) is 0 Å². The summed E-state index contributed by atoms with van der Waals surface area (Å²) in [7, 11) is 0. The molecule has 3 unspecified atom stereocenters. The van der Waals surface area contributed by atoms with Crippen LogP contribution in [0.2, 0.25) is 0 Å².